The molecular weight excluding hydrogens is 272 g/mol. The average molecular weight is 288 g/mol. The van der Waals surface area contributed by atoms with Gasteiger partial charge in [0.05, 0.1) is 11.5 Å². The number of sulfone groups is 1. The van der Waals surface area contributed by atoms with Crippen molar-refractivity contribution in [3.05, 3.63) is 65.7 Å². The van der Waals surface area contributed by atoms with E-state index in [9.17, 15) is 8.42 Å². The molecule has 2 aromatic rings. The zero-order valence-corrected chi connectivity index (χ0v) is 12.0. The van der Waals surface area contributed by atoms with Crippen LogP contribution in [0.25, 0.3) is 0 Å². The van der Waals surface area contributed by atoms with Crippen LogP contribution in [0.3, 0.4) is 0 Å². The van der Waals surface area contributed by atoms with E-state index in [2.05, 4.69) is 0 Å². The average Bonchev–Trinajstić information content (AvgIpc) is 2.38. The summed E-state index contributed by atoms with van der Waals surface area (Å²) in [6.07, 6.45) is 0. The van der Waals surface area contributed by atoms with Crippen LogP contribution in [0.2, 0.25) is 0 Å². The van der Waals surface area contributed by atoms with E-state index in [0.29, 0.717) is 11.5 Å². The van der Waals surface area contributed by atoms with Gasteiger partial charge in [-0.25, -0.2) is 8.42 Å². The van der Waals surface area contributed by atoms with E-state index >= 15 is 0 Å². The first-order chi connectivity index (χ1) is 9.59. The maximum absolute atomic E-state index is 12.6. The molecule has 3 rings (SSSR count). The summed E-state index contributed by atoms with van der Waals surface area (Å²) in [5.74, 6) is -0.0832. The second-order valence-electron chi connectivity index (χ2n) is 5.08. The fraction of sp³-hybridized carbons (Fsp3) is 0.250. The molecule has 20 heavy (non-hydrogen) atoms. The van der Waals surface area contributed by atoms with Crippen molar-refractivity contribution in [2.45, 2.75) is 23.2 Å². The molecule has 104 valence electrons. The van der Waals surface area contributed by atoms with E-state index in [4.69, 9.17) is 4.74 Å². The summed E-state index contributed by atoms with van der Waals surface area (Å²) in [6.45, 7) is 2.46. The van der Waals surface area contributed by atoms with Gasteiger partial charge in [-0.15, -0.1) is 0 Å². The number of ether oxygens (including phenoxy) is 1. The molecule has 2 aromatic carbocycles. The molecule has 2 atom stereocenters. The first-order valence-electron chi connectivity index (χ1n) is 6.56. The number of rotatable bonds is 3. The maximum atomic E-state index is 12.6. The van der Waals surface area contributed by atoms with Crippen molar-refractivity contribution in [1.82, 2.24) is 0 Å². The number of aryl methyl sites for hydroxylation is 1. The Balaban J connectivity index is 1.92. The van der Waals surface area contributed by atoms with Crippen molar-refractivity contribution in [3.63, 3.8) is 0 Å². The summed E-state index contributed by atoms with van der Waals surface area (Å²) in [4.78, 5) is 0.322. The third kappa shape index (κ3) is 2.25. The molecule has 4 heteroatoms. The lowest BCUT2D eigenvalue weighted by Gasteiger charge is -2.36. The van der Waals surface area contributed by atoms with E-state index in [1.54, 1.807) is 30.3 Å². The van der Waals surface area contributed by atoms with E-state index in [1.807, 2.05) is 31.2 Å². The van der Waals surface area contributed by atoms with Gasteiger partial charge in [-0.2, -0.15) is 0 Å². The third-order valence-electron chi connectivity index (χ3n) is 3.62. The number of hydrogen-bond acceptors (Lipinski definition) is 3. The molecule has 1 aliphatic heterocycles. The zero-order valence-electron chi connectivity index (χ0n) is 11.2. The van der Waals surface area contributed by atoms with Gasteiger partial charge in [0.1, 0.15) is 0 Å². The summed E-state index contributed by atoms with van der Waals surface area (Å²) in [6, 6.07) is 16.4. The van der Waals surface area contributed by atoms with Crippen LogP contribution in [-0.4, -0.2) is 20.5 Å². The third-order valence-corrected chi connectivity index (χ3v) is 5.62. The SMILES string of the molecule is Cc1cccc([C@@H]2CO[C@@H]2S(=O)(=O)c2ccccc2)c1. The predicted octanol–water partition coefficient (Wildman–Crippen LogP) is 2.91. The van der Waals surface area contributed by atoms with Gasteiger partial charge in [-0.3, -0.25) is 0 Å². The van der Waals surface area contributed by atoms with E-state index in [0.717, 1.165) is 11.1 Å². The Morgan fingerprint density at radius 2 is 1.80 bits per heavy atom. The molecular formula is C16H16O3S. The van der Waals surface area contributed by atoms with Crippen LogP contribution in [-0.2, 0) is 14.6 Å². The Hall–Kier alpha value is -1.65. The van der Waals surface area contributed by atoms with Crippen molar-refractivity contribution in [2.75, 3.05) is 6.61 Å². The molecule has 0 spiro atoms. The molecule has 0 radical (unpaired) electrons. The normalized spacial score (nSPS) is 22.2. The van der Waals surface area contributed by atoms with Crippen LogP contribution >= 0.6 is 0 Å². The Morgan fingerprint density at radius 3 is 2.40 bits per heavy atom. The fourth-order valence-electron chi connectivity index (χ4n) is 2.48. The largest absolute Gasteiger partial charge is 0.360 e. The second-order valence-corrected chi connectivity index (χ2v) is 7.11. The summed E-state index contributed by atoms with van der Waals surface area (Å²) in [7, 11) is -3.43. The summed E-state index contributed by atoms with van der Waals surface area (Å²) >= 11 is 0. The van der Waals surface area contributed by atoms with Crippen molar-refractivity contribution in [1.29, 1.82) is 0 Å². The molecule has 0 bridgehead atoms. The van der Waals surface area contributed by atoms with Crippen molar-refractivity contribution in [3.8, 4) is 0 Å². The van der Waals surface area contributed by atoms with Crippen molar-refractivity contribution >= 4 is 9.84 Å². The number of hydrogen-bond donors (Lipinski definition) is 0. The van der Waals surface area contributed by atoms with Crippen molar-refractivity contribution < 1.29 is 13.2 Å². The van der Waals surface area contributed by atoms with Gasteiger partial charge < -0.3 is 4.74 Å². The Morgan fingerprint density at radius 1 is 1.05 bits per heavy atom. The first kappa shape index (κ1) is 13.3. The Kier molecular flexibility index (Phi) is 3.36. The van der Waals surface area contributed by atoms with Crippen LogP contribution in [0, 0.1) is 6.92 Å². The molecule has 3 nitrogen and oxygen atoms in total. The van der Waals surface area contributed by atoms with E-state index in [-0.39, 0.29) is 5.92 Å². The highest BCUT2D eigenvalue weighted by Crippen LogP contribution is 2.37. The van der Waals surface area contributed by atoms with Gasteiger partial charge in [-0.05, 0) is 24.6 Å². The van der Waals surface area contributed by atoms with Gasteiger partial charge in [0, 0.05) is 5.92 Å². The van der Waals surface area contributed by atoms with E-state index in [1.165, 1.54) is 0 Å². The summed E-state index contributed by atoms with van der Waals surface area (Å²) < 4.78 is 30.5. The van der Waals surface area contributed by atoms with Crippen LogP contribution < -0.4 is 0 Å². The minimum Gasteiger partial charge on any atom is -0.360 e. The molecule has 1 aliphatic rings. The molecule has 0 N–H and O–H groups in total. The Labute approximate surface area is 119 Å². The molecule has 0 aromatic heterocycles. The summed E-state index contributed by atoms with van der Waals surface area (Å²) in [5, 5.41) is 0. The van der Waals surface area contributed by atoms with Crippen molar-refractivity contribution in [2.24, 2.45) is 0 Å². The topological polar surface area (TPSA) is 43.4 Å². The Bertz CT molecular complexity index is 708. The van der Waals surface area contributed by atoms with Gasteiger partial charge in [0.15, 0.2) is 5.44 Å². The predicted molar refractivity (Wildman–Crippen MR) is 77.3 cm³/mol. The fourth-order valence-corrected chi connectivity index (χ4v) is 4.21. The van der Waals surface area contributed by atoms with Crippen LogP contribution in [0.15, 0.2) is 59.5 Å². The lowest BCUT2D eigenvalue weighted by atomic mass is 9.96. The molecule has 0 saturated carbocycles. The van der Waals surface area contributed by atoms with Gasteiger partial charge in [0.2, 0.25) is 9.84 Å². The zero-order chi connectivity index (χ0) is 14.2. The van der Waals surface area contributed by atoms with Gasteiger partial charge in [-0.1, -0.05) is 48.0 Å². The quantitative estimate of drug-likeness (QED) is 0.872. The number of benzene rings is 2. The molecule has 0 amide bonds. The minimum atomic E-state index is -3.43. The molecule has 0 aliphatic carbocycles. The lowest BCUT2D eigenvalue weighted by molar-refractivity contribution is -0.0245. The van der Waals surface area contributed by atoms with Gasteiger partial charge in [0.25, 0.3) is 0 Å². The summed E-state index contributed by atoms with van der Waals surface area (Å²) in [5.41, 5.74) is 1.39. The highest BCUT2D eigenvalue weighted by atomic mass is 32.2. The monoisotopic (exact) mass is 288 g/mol. The van der Waals surface area contributed by atoms with Crippen LogP contribution in [0.5, 0.6) is 0 Å². The van der Waals surface area contributed by atoms with Gasteiger partial charge >= 0.3 is 0 Å². The standard InChI is InChI=1S/C16H16O3S/c1-12-6-5-7-13(10-12)15-11-19-16(15)20(17,18)14-8-3-2-4-9-14/h2-10,15-16H,11H2,1H3/t15-,16+/m0/s1. The highest BCUT2D eigenvalue weighted by molar-refractivity contribution is 7.92. The minimum absolute atomic E-state index is 0.0832. The molecule has 0 unspecified atom stereocenters. The maximum Gasteiger partial charge on any atom is 0.205 e. The second kappa shape index (κ2) is 5.04. The highest BCUT2D eigenvalue weighted by Gasteiger charge is 2.43. The van der Waals surface area contributed by atoms with Crippen LogP contribution in [0.4, 0.5) is 0 Å². The lowest BCUT2D eigenvalue weighted by Crippen LogP contribution is -2.43. The van der Waals surface area contributed by atoms with Crippen LogP contribution in [0.1, 0.15) is 17.0 Å². The molecule has 1 fully saturated rings. The first-order valence-corrected chi connectivity index (χ1v) is 8.11. The van der Waals surface area contributed by atoms with E-state index < -0.39 is 15.3 Å². The molecule has 1 heterocycles. The smallest absolute Gasteiger partial charge is 0.205 e. The molecule has 1 saturated heterocycles.